The van der Waals surface area contributed by atoms with Crippen LogP contribution in [-0.4, -0.2) is 42.5 Å². The van der Waals surface area contributed by atoms with Crippen LogP contribution in [0.2, 0.25) is 0 Å². The minimum absolute atomic E-state index is 0.176. The van der Waals surface area contributed by atoms with Gasteiger partial charge in [-0.1, -0.05) is 18.9 Å². The molecule has 1 aromatic carbocycles. The molecular weight excluding hydrogens is 382 g/mol. The van der Waals surface area contributed by atoms with Crippen molar-refractivity contribution in [3.05, 3.63) is 42.2 Å². The van der Waals surface area contributed by atoms with E-state index >= 15 is 0 Å². The molecule has 6 nitrogen and oxygen atoms in total. The lowest BCUT2D eigenvalue weighted by Crippen LogP contribution is -2.31. The number of carbonyl (C=O) groups excluding carboxylic acids is 1. The largest absolute Gasteiger partial charge is 0.345 e. The lowest BCUT2D eigenvalue weighted by molar-refractivity contribution is 0.101. The molecule has 1 aliphatic heterocycles. The van der Waals surface area contributed by atoms with Crippen LogP contribution >= 0.6 is 11.8 Å². The second-order valence-corrected chi connectivity index (χ2v) is 9.49. The summed E-state index contributed by atoms with van der Waals surface area (Å²) in [6.45, 7) is 1.08. The molecule has 0 saturated carbocycles. The highest BCUT2D eigenvalue weighted by molar-refractivity contribution is 7.98. The predicted molar refractivity (Wildman–Crippen MR) is 109 cm³/mol. The minimum atomic E-state index is -3.57. The van der Waals surface area contributed by atoms with Gasteiger partial charge in [-0.25, -0.2) is 8.42 Å². The van der Waals surface area contributed by atoms with Gasteiger partial charge in [-0.05, 0) is 43.4 Å². The number of carbonyl (C=O) groups is 1. The van der Waals surface area contributed by atoms with Crippen molar-refractivity contribution in [1.29, 1.82) is 0 Å². The fourth-order valence-corrected chi connectivity index (χ4v) is 5.28. The summed E-state index contributed by atoms with van der Waals surface area (Å²) in [5.74, 6) is -0.326. The summed E-state index contributed by atoms with van der Waals surface area (Å²) in [5.41, 5.74) is 1.00. The molecule has 3 rings (SSSR count). The average Bonchev–Trinajstić information content (AvgIpc) is 2.86. The van der Waals surface area contributed by atoms with Gasteiger partial charge in [0, 0.05) is 36.9 Å². The monoisotopic (exact) mass is 407 g/mol. The van der Waals surface area contributed by atoms with Crippen molar-refractivity contribution in [3.8, 4) is 0 Å². The zero-order chi connectivity index (χ0) is 19.4. The number of benzene rings is 1. The summed E-state index contributed by atoms with van der Waals surface area (Å²) in [4.78, 5) is 13.9. The molecule has 1 amide bonds. The third-order valence-electron chi connectivity index (χ3n) is 4.74. The zero-order valence-corrected chi connectivity index (χ0v) is 17.3. The number of thioether (sulfide) groups is 1. The smallest absolute Gasteiger partial charge is 0.272 e. The van der Waals surface area contributed by atoms with Gasteiger partial charge in [-0.2, -0.15) is 4.31 Å². The summed E-state index contributed by atoms with van der Waals surface area (Å²) in [6.07, 6.45) is 7.37. The Balaban J connectivity index is 1.81. The number of aryl methyl sites for hydroxylation is 1. The van der Waals surface area contributed by atoms with Crippen molar-refractivity contribution >= 4 is 33.4 Å². The van der Waals surface area contributed by atoms with Gasteiger partial charge in [0.1, 0.15) is 10.6 Å². The summed E-state index contributed by atoms with van der Waals surface area (Å²) < 4.78 is 29.0. The van der Waals surface area contributed by atoms with E-state index in [9.17, 15) is 13.2 Å². The van der Waals surface area contributed by atoms with Crippen LogP contribution in [0.15, 0.2) is 46.3 Å². The molecule has 1 aromatic heterocycles. The molecule has 0 aliphatic carbocycles. The lowest BCUT2D eigenvalue weighted by atomic mass is 10.2. The highest BCUT2D eigenvalue weighted by Crippen LogP contribution is 2.23. The molecule has 27 heavy (non-hydrogen) atoms. The van der Waals surface area contributed by atoms with Crippen molar-refractivity contribution in [1.82, 2.24) is 8.87 Å². The van der Waals surface area contributed by atoms with Gasteiger partial charge in [-0.3, -0.25) is 4.79 Å². The Labute approximate surface area is 165 Å². The summed E-state index contributed by atoms with van der Waals surface area (Å²) >= 11 is 1.59. The Morgan fingerprint density at radius 3 is 2.48 bits per heavy atom. The maximum absolute atomic E-state index is 12.9. The number of hydrogen-bond acceptors (Lipinski definition) is 4. The number of amides is 1. The Bertz CT molecular complexity index is 914. The van der Waals surface area contributed by atoms with E-state index in [0.29, 0.717) is 24.5 Å². The van der Waals surface area contributed by atoms with Gasteiger partial charge in [0.25, 0.3) is 5.91 Å². The average molecular weight is 408 g/mol. The van der Waals surface area contributed by atoms with Crippen LogP contribution in [0.5, 0.6) is 0 Å². The van der Waals surface area contributed by atoms with Crippen LogP contribution in [0.3, 0.4) is 0 Å². The van der Waals surface area contributed by atoms with Crippen LogP contribution in [-0.2, 0) is 17.1 Å². The topological polar surface area (TPSA) is 71.4 Å². The van der Waals surface area contributed by atoms with Crippen molar-refractivity contribution in [3.63, 3.8) is 0 Å². The van der Waals surface area contributed by atoms with E-state index in [2.05, 4.69) is 5.32 Å². The highest BCUT2D eigenvalue weighted by Gasteiger charge is 2.27. The normalized spacial score (nSPS) is 16.1. The molecule has 0 unspecified atom stereocenters. The number of sulfonamides is 1. The molecule has 1 saturated heterocycles. The molecule has 8 heteroatoms. The molecule has 2 aromatic rings. The van der Waals surface area contributed by atoms with Crippen LogP contribution in [0.25, 0.3) is 0 Å². The van der Waals surface area contributed by atoms with Gasteiger partial charge >= 0.3 is 0 Å². The molecular formula is C19H25N3O3S2. The van der Waals surface area contributed by atoms with Crippen molar-refractivity contribution in [2.24, 2.45) is 7.05 Å². The van der Waals surface area contributed by atoms with Crippen molar-refractivity contribution in [2.75, 3.05) is 24.7 Å². The fourth-order valence-electron chi connectivity index (χ4n) is 3.23. The first kappa shape index (κ1) is 20.0. The quantitative estimate of drug-likeness (QED) is 0.769. The van der Waals surface area contributed by atoms with E-state index in [-0.39, 0.29) is 10.8 Å². The maximum Gasteiger partial charge on any atom is 0.272 e. The van der Waals surface area contributed by atoms with Gasteiger partial charge in [0.15, 0.2) is 0 Å². The summed E-state index contributed by atoms with van der Waals surface area (Å²) in [7, 11) is -1.89. The van der Waals surface area contributed by atoms with E-state index < -0.39 is 10.0 Å². The van der Waals surface area contributed by atoms with Crippen molar-refractivity contribution < 1.29 is 13.2 Å². The Hall–Kier alpha value is -1.77. The SMILES string of the molecule is CSc1cccc(NC(=O)c2cc(S(=O)(=O)N3CCCCCC3)cn2C)c1. The molecule has 1 aliphatic rings. The third-order valence-corrected chi connectivity index (χ3v) is 7.33. The lowest BCUT2D eigenvalue weighted by Gasteiger charge is -2.18. The second kappa shape index (κ2) is 8.50. The molecule has 2 heterocycles. The van der Waals surface area contributed by atoms with E-state index in [4.69, 9.17) is 0 Å². The second-order valence-electron chi connectivity index (χ2n) is 6.68. The van der Waals surface area contributed by atoms with Gasteiger partial charge in [0.2, 0.25) is 10.0 Å². The van der Waals surface area contributed by atoms with Crippen LogP contribution in [0.4, 0.5) is 5.69 Å². The Morgan fingerprint density at radius 1 is 1.11 bits per heavy atom. The summed E-state index contributed by atoms with van der Waals surface area (Å²) in [6, 6.07) is 9.01. The van der Waals surface area contributed by atoms with Crippen LogP contribution in [0.1, 0.15) is 36.2 Å². The number of aromatic nitrogens is 1. The highest BCUT2D eigenvalue weighted by atomic mass is 32.2. The number of nitrogens with zero attached hydrogens (tertiary/aromatic N) is 2. The predicted octanol–water partition coefficient (Wildman–Crippen LogP) is 3.56. The van der Waals surface area contributed by atoms with Crippen LogP contribution < -0.4 is 5.32 Å². The van der Waals surface area contributed by atoms with E-state index in [1.165, 1.54) is 12.3 Å². The number of anilines is 1. The zero-order valence-electron chi connectivity index (χ0n) is 15.6. The number of rotatable bonds is 5. The molecule has 146 valence electrons. The Morgan fingerprint density at radius 2 is 1.81 bits per heavy atom. The molecule has 0 spiro atoms. The third kappa shape index (κ3) is 4.56. The Kier molecular flexibility index (Phi) is 6.29. The first-order valence-electron chi connectivity index (χ1n) is 9.04. The molecule has 1 fully saturated rings. The van der Waals surface area contributed by atoms with Crippen molar-refractivity contribution in [2.45, 2.75) is 35.5 Å². The van der Waals surface area contributed by atoms with E-state index in [1.807, 2.05) is 30.5 Å². The first-order chi connectivity index (χ1) is 12.9. The minimum Gasteiger partial charge on any atom is -0.345 e. The fraction of sp³-hybridized carbons (Fsp3) is 0.421. The standard InChI is InChI=1S/C19H25N3O3S2/c1-21-14-17(27(24,25)22-10-5-3-4-6-11-22)13-18(21)19(23)20-15-8-7-9-16(12-15)26-2/h7-9,12-14H,3-6,10-11H2,1-2H3,(H,20,23). The molecule has 0 atom stereocenters. The first-order valence-corrected chi connectivity index (χ1v) is 11.7. The van der Waals surface area contributed by atoms with E-state index in [0.717, 1.165) is 30.6 Å². The molecule has 0 radical (unpaired) electrons. The maximum atomic E-state index is 12.9. The molecule has 1 N–H and O–H groups in total. The van der Waals surface area contributed by atoms with E-state index in [1.54, 1.807) is 27.7 Å². The van der Waals surface area contributed by atoms with Gasteiger partial charge in [0.05, 0.1) is 0 Å². The number of nitrogens with one attached hydrogen (secondary N) is 1. The number of hydrogen-bond donors (Lipinski definition) is 1. The summed E-state index contributed by atoms with van der Waals surface area (Å²) in [5, 5.41) is 2.85. The molecule has 0 bridgehead atoms. The van der Waals surface area contributed by atoms with Crippen LogP contribution in [0, 0.1) is 0 Å². The van der Waals surface area contributed by atoms with Gasteiger partial charge < -0.3 is 9.88 Å². The van der Waals surface area contributed by atoms with Gasteiger partial charge in [-0.15, -0.1) is 11.8 Å².